The lowest BCUT2D eigenvalue weighted by Crippen LogP contribution is -2.12. The van der Waals surface area contributed by atoms with Crippen molar-refractivity contribution >= 4 is 16.9 Å². The van der Waals surface area contributed by atoms with E-state index in [2.05, 4.69) is 0 Å². The van der Waals surface area contributed by atoms with Crippen LogP contribution in [0.5, 0.6) is 17.2 Å². The zero-order valence-electron chi connectivity index (χ0n) is 19.1. The molecule has 0 N–H and O–H groups in total. The molecule has 4 aromatic rings. The van der Waals surface area contributed by atoms with Gasteiger partial charge in [0.25, 0.3) is 0 Å². The van der Waals surface area contributed by atoms with Gasteiger partial charge in [0.1, 0.15) is 17.6 Å². The number of hydrogen-bond acceptors (Lipinski definition) is 6. The van der Waals surface area contributed by atoms with E-state index < -0.39 is 5.97 Å². The van der Waals surface area contributed by atoms with Crippen LogP contribution in [-0.2, 0) is 6.42 Å². The maximum absolute atomic E-state index is 13.4. The molecular weight excluding hydrogens is 432 g/mol. The minimum atomic E-state index is -0.446. The summed E-state index contributed by atoms with van der Waals surface area (Å²) in [6, 6.07) is 16.1. The summed E-state index contributed by atoms with van der Waals surface area (Å²) < 4.78 is 23.0. The van der Waals surface area contributed by atoms with Crippen molar-refractivity contribution in [3.63, 3.8) is 0 Å². The molecule has 0 aliphatic carbocycles. The first-order valence-electron chi connectivity index (χ1n) is 11.3. The molecule has 0 atom stereocenters. The lowest BCUT2D eigenvalue weighted by atomic mass is 10.0. The number of benzene rings is 3. The molecule has 0 bridgehead atoms. The van der Waals surface area contributed by atoms with Crippen LogP contribution in [0.25, 0.3) is 22.1 Å². The molecule has 172 valence electrons. The summed E-state index contributed by atoms with van der Waals surface area (Å²) in [5.74, 6) is 1.22. The van der Waals surface area contributed by atoms with Gasteiger partial charge in [-0.2, -0.15) is 0 Å². The molecule has 1 aliphatic rings. The Morgan fingerprint density at radius 3 is 2.59 bits per heavy atom. The van der Waals surface area contributed by atoms with Crippen LogP contribution < -0.4 is 19.6 Å². The first-order chi connectivity index (χ1) is 16.5. The summed E-state index contributed by atoms with van der Waals surface area (Å²) >= 11 is 0. The van der Waals surface area contributed by atoms with E-state index >= 15 is 0 Å². The molecule has 0 unspecified atom stereocenters. The van der Waals surface area contributed by atoms with Gasteiger partial charge in [0.05, 0.1) is 29.7 Å². The maximum atomic E-state index is 13.4. The smallest absolute Gasteiger partial charge is 0.343 e. The molecule has 2 heterocycles. The summed E-state index contributed by atoms with van der Waals surface area (Å²) in [6.07, 6.45) is 2.82. The molecule has 6 nitrogen and oxygen atoms in total. The van der Waals surface area contributed by atoms with Gasteiger partial charge >= 0.3 is 5.97 Å². The van der Waals surface area contributed by atoms with Crippen LogP contribution in [-0.4, -0.2) is 19.2 Å². The first-order valence-corrected chi connectivity index (χ1v) is 11.3. The number of rotatable bonds is 4. The van der Waals surface area contributed by atoms with Crippen molar-refractivity contribution < 1.29 is 23.4 Å². The van der Waals surface area contributed by atoms with Crippen LogP contribution in [0.2, 0.25) is 0 Å². The second-order valence-electron chi connectivity index (χ2n) is 8.20. The van der Waals surface area contributed by atoms with Crippen molar-refractivity contribution in [2.45, 2.75) is 26.7 Å². The fourth-order valence-electron chi connectivity index (χ4n) is 4.06. The van der Waals surface area contributed by atoms with Crippen molar-refractivity contribution in [3.05, 3.63) is 87.8 Å². The lowest BCUT2D eigenvalue weighted by Gasteiger charge is -2.12. The van der Waals surface area contributed by atoms with Crippen LogP contribution in [0.1, 0.15) is 34.8 Å². The van der Waals surface area contributed by atoms with Gasteiger partial charge in [0.15, 0.2) is 11.5 Å². The largest absolute Gasteiger partial charge is 0.490 e. The van der Waals surface area contributed by atoms with E-state index in [4.69, 9.17) is 18.6 Å². The van der Waals surface area contributed by atoms with Crippen molar-refractivity contribution in [2.24, 2.45) is 0 Å². The molecule has 1 aliphatic heterocycles. The van der Waals surface area contributed by atoms with E-state index in [9.17, 15) is 9.59 Å². The van der Waals surface area contributed by atoms with Crippen LogP contribution in [0.4, 0.5) is 0 Å². The fourth-order valence-corrected chi connectivity index (χ4v) is 4.06. The van der Waals surface area contributed by atoms with E-state index in [1.165, 1.54) is 6.26 Å². The fraction of sp³-hybridized carbons (Fsp3) is 0.214. The predicted octanol–water partition coefficient (Wildman–Crippen LogP) is 5.71. The number of ether oxygens (including phenoxy) is 3. The van der Waals surface area contributed by atoms with E-state index in [0.717, 1.165) is 17.5 Å². The highest BCUT2D eigenvalue weighted by Gasteiger charge is 2.18. The van der Waals surface area contributed by atoms with E-state index in [-0.39, 0.29) is 5.43 Å². The summed E-state index contributed by atoms with van der Waals surface area (Å²) in [4.78, 5) is 26.1. The van der Waals surface area contributed by atoms with Gasteiger partial charge in [-0.1, -0.05) is 31.2 Å². The molecule has 0 amide bonds. The van der Waals surface area contributed by atoms with Gasteiger partial charge in [-0.15, -0.1) is 0 Å². The van der Waals surface area contributed by atoms with Crippen LogP contribution in [0.15, 0.2) is 70.1 Å². The van der Waals surface area contributed by atoms with Gasteiger partial charge in [-0.3, -0.25) is 4.79 Å². The Kier molecular flexibility index (Phi) is 5.80. The van der Waals surface area contributed by atoms with Gasteiger partial charge in [0.2, 0.25) is 5.43 Å². The molecule has 0 saturated carbocycles. The number of esters is 1. The third-order valence-electron chi connectivity index (χ3n) is 5.96. The third kappa shape index (κ3) is 4.03. The molecular formula is C28H24O6. The predicted molar refractivity (Wildman–Crippen MR) is 129 cm³/mol. The Morgan fingerprint density at radius 1 is 1.00 bits per heavy atom. The second-order valence-corrected chi connectivity index (χ2v) is 8.20. The van der Waals surface area contributed by atoms with Crippen molar-refractivity contribution in [3.8, 4) is 28.4 Å². The SMILES string of the molecule is CCc1cc2c(=O)c(-c3ccc4c(c3)OCCCO4)coc2cc1OC(=O)c1ccccc1C. The highest BCUT2D eigenvalue weighted by molar-refractivity contribution is 5.93. The van der Waals surface area contributed by atoms with E-state index in [1.54, 1.807) is 30.3 Å². The van der Waals surface area contributed by atoms with Crippen molar-refractivity contribution in [1.29, 1.82) is 0 Å². The Bertz CT molecular complexity index is 1450. The number of aryl methyl sites for hydroxylation is 2. The second kappa shape index (κ2) is 9.06. The topological polar surface area (TPSA) is 75.0 Å². The Morgan fingerprint density at radius 2 is 1.79 bits per heavy atom. The molecule has 1 aromatic heterocycles. The minimum Gasteiger partial charge on any atom is -0.490 e. The summed E-state index contributed by atoms with van der Waals surface area (Å²) in [6.45, 7) is 4.97. The Hall–Kier alpha value is -4.06. The average molecular weight is 456 g/mol. The van der Waals surface area contributed by atoms with E-state index in [0.29, 0.717) is 64.5 Å². The molecule has 34 heavy (non-hydrogen) atoms. The van der Waals surface area contributed by atoms with E-state index in [1.807, 2.05) is 38.1 Å². The minimum absolute atomic E-state index is 0.165. The monoisotopic (exact) mass is 456 g/mol. The van der Waals surface area contributed by atoms with Crippen LogP contribution in [0.3, 0.4) is 0 Å². The maximum Gasteiger partial charge on any atom is 0.343 e. The molecule has 0 fully saturated rings. The lowest BCUT2D eigenvalue weighted by molar-refractivity contribution is 0.0732. The van der Waals surface area contributed by atoms with Gasteiger partial charge in [-0.05, 0) is 54.3 Å². The Balaban J connectivity index is 1.53. The van der Waals surface area contributed by atoms with Crippen LogP contribution >= 0.6 is 0 Å². The average Bonchev–Trinajstić information content (AvgIpc) is 3.09. The summed E-state index contributed by atoms with van der Waals surface area (Å²) in [5.41, 5.74) is 3.38. The standard InChI is InChI=1S/C28H24O6/c1-3-18-13-21-25(15-24(18)34-28(30)20-8-5-4-7-17(20)2)33-16-22(27(21)29)19-9-10-23-26(14-19)32-12-6-11-31-23/h4-5,7-10,13-16H,3,6,11-12H2,1-2H3. The number of hydrogen-bond donors (Lipinski definition) is 0. The number of fused-ring (bicyclic) bond motifs is 2. The highest BCUT2D eigenvalue weighted by Crippen LogP contribution is 2.34. The number of carbonyl (C=O) groups excluding carboxylic acids is 1. The normalized spacial score (nSPS) is 12.9. The molecule has 5 rings (SSSR count). The summed E-state index contributed by atoms with van der Waals surface area (Å²) in [7, 11) is 0. The van der Waals surface area contributed by atoms with Gasteiger partial charge in [-0.25, -0.2) is 4.79 Å². The molecule has 0 radical (unpaired) electrons. The third-order valence-corrected chi connectivity index (χ3v) is 5.96. The van der Waals surface area contributed by atoms with Gasteiger partial charge < -0.3 is 18.6 Å². The quantitative estimate of drug-likeness (QED) is 0.289. The van der Waals surface area contributed by atoms with Crippen molar-refractivity contribution in [2.75, 3.05) is 13.2 Å². The van der Waals surface area contributed by atoms with Crippen LogP contribution in [0, 0.1) is 6.92 Å². The van der Waals surface area contributed by atoms with Crippen molar-refractivity contribution in [1.82, 2.24) is 0 Å². The number of carbonyl (C=O) groups is 1. The molecule has 0 spiro atoms. The zero-order chi connectivity index (χ0) is 23.7. The highest BCUT2D eigenvalue weighted by atomic mass is 16.5. The molecule has 3 aromatic carbocycles. The van der Waals surface area contributed by atoms with Gasteiger partial charge in [0, 0.05) is 12.5 Å². The molecule has 6 heteroatoms. The summed E-state index contributed by atoms with van der Waals surface area (Å²) in [5, 5.41) is 0.428. The Labute approximate surface area is 196 Å². The first kappa shape index (κ1) is 21.8. The zero-order valence-corrected chi connectivity index (χ0v) is 19.1. The molecule has 0 saturated heterocycles.